The molecular weight excluding hydrogens is 153 g/mol. The first kappa shape index (κ1) is 5.30. The molecule has 0 aromatic rings. The zero-order chi connectivity index (χ0) is 4.50. The standard InChI is InChI=1S/4O.Y. The van der Waals surface area contributed by atoms with Gasteiger partial charge in [0.15, 0.2) is 0 Å². The van der Waals surface area contributed by atoms with E-state index in [9.17, 15) is 0 Å². The normalized spacial score (nSPS) is 4.80. The van der Waals surface area contributed by atoms with E-state index in [2.05, 4.69) is 0 Å². The monoisotopic (exact) mass is 153 g/mol. The number of rotatable bonds is 0. The molecule has 0 aromatic carbocycles. The summed E-state index contributed by atoms with van der Waals surface area (Å²) in [6.07, 6.45) is 0. The summed E-state index contributed by atoms with van der Waals surface area (Å²) in [6, 6.07) is 0. The molecule has 0 aliphatic heterocycles. The summed E-state index contributed by atoms with van der Waals surface area (Å²) in [7, 11) is 0. The molecule has 4 nitrogen and oxygen atoms in total. The summed E-state index contributed by atoms with van der Waals surface area (Å²) in [4.78, 5) is 0. The van der Waals surface area contributed by atoms with Crippen molar-refractivity contribution in [3.63, 3.8) is 0 Å². The van der Waals surface area contributed by atoms with Crippen LogP contribution in [0.3, 0.4) is 0 Å². The Bertz CT molecular complexity index is 155. The van der Waals surface area contributed by atoms with Crippen LogP contribution in [0.25, 0.3) is 0 Å². The SMILES string of the molecule is [O]=[Y](=[O])(=[O])=[O]. The molecule has 0 bridgehead atoms. The molecule has 0 amide bonds. The Hall–Kier alpha value is 0.304. The van der Waals surface area contributed by atoms with E-state index >= 15 is 0 Å². The van der Waals surface area contributed by atoms with Gasteiger partial charge in [-0.1, -0.05) is 0 Å². The van der Waals surface area contributed by atoms with E-state index in [0.717, 1.165) is 0 Å². The van der Waals surface area contributed by atoms with Gasteiger partial charge in [-0.05, 0) is 0 Å². The van der Waals surface area contributed by atoms with E-state index in [1.165, 1.54) is 0 Å². The molecule has 0 radical (unpaired) electrons. The summed E-state index contributed by atoms with van der Waals surface area (Å²) < 4.78 is 34.6. The summed E-state index contributed by atoms with van der Waals surface area (Å²) in [5.74, 6) is 0. The molecule has 0 N–H and O–H groups in total. The number of hydrogen-bond donors (Lipinski definition) is 0. The van der Waals surface area contributed by atoms with Gasteiger partial charge in [0.25, 0.3) is 0 Å². The fourth-order valence-corrected chi connectivity index (χ4v) is 0. The van der Waals surface area contributed by atoms with Crippen molar-refractivity contribution in [2.45, 2.75) is 0 Å². The second-order valence-electron chi connectivity index (χ2n) is 0.577. The molecule has 0 atom stereocenters. The van der Waals surface area contributed by atoms with Crippen LogP contribution in [0, 0.1) is 0 Å². The molecule has 0 heterocycles. The van der Waals surface area contributed by atoms with Crippen LogP contribution in [-0.4, -0.2) is 0 Å². The van der Waals surface area contributed by atoms with Crippen molar-refractivity contribution in [2.24, 2.45) is 0 Å². The third-order valence-electron chi connectivity index (χ3n) is 0. The second-order valence-corrected chi connectivity index (χ2v) is 3.42. The van der Waals surface area contributed by atoms with Crippen LogP contribution in [-0.2, 0) is 34.1 Å². The Morgan fingerprint density at radius 3 is 0.800 bits per heavy atom. The number of hydrogen-bond acceptors (Lipinski definition) is 4. The van der Waals surface area contributed by atoms with E-state index in [1.54, 1.807) is 0 Å². The quantitative estimate of drug-likeness (QED) is 0.471. The van der Waals surface area contributed by atoms with Gasteiger partial charge in [0.2, 0.25) is 0 Å². The van der Waals surface area contributed by atoms with Gasteiger partial charge < -0.3 is 0 Å². The summed E-state index contributed by atoms with van der Waals surface area (Å²) in [5.41, 5.74) is 0. The van der Waals surface area contributed by atoms with E-state index in [4.69, 9.17) is 8.18 Å². The van der Waals surface area contributed by atoms with Crippen LogP contribution in [0.1, 0.15) is 0 Å². The Balaban J connectivity index is 6.05. The Morgan fingerprint density at radius 2 is 0.800 bits per heavy atom. The van der Waals surface area contributed by atoms with Gasteiger partial charge in [-0.25, -0.2) is 0 Å². The fraction of sp³-hybridized carbons (Fsp3) is 0. The molecule has 5 heteroatoms. The molecule has 0 unspecified atom stereocenters. The van der Waals surface area contributed by atoms with Crippen LogP contribution in [0.5, 0.6) is 0 Å². The van der Waals surface area contributed by atoms with E-state index in [-0.39, 0.29) is 0 Å². The predicted octanol–water partition coefficient (Wildman–Crippen LogP) is -0.478. The fourth-order valence-electron chi connectivity index (χ4n) is 0. The van der Waals surface area contributed by atoms with E-state index < -0.39 is 25.9 Å². The minimum atomic E-state index is -6.26. The van der Waals surface area contributed by atoms with Crippen molar-refractivity contribution in [2.75, 3.05) is 0 Å². The molecule has 0 saturated carbocycles. The van der Waals surface area contributed by atoms with Gasteiger partial charge in [-0.3, -0.25) is 0 Å². The molecule has 0 rings (SSSR count). The zero-order valence-corrected chi connectivity index (χ0v) is 5.05. The topological polar surface area (TPSA) is 68.3 Å². The zero-order valence-electron chi connectivity index (χ0n) is 2.21. The van der Waals surface area contributed by atoms with Gasteiger partial charge in [0.1, 0.15) is 0 Å². The van der Waals surface area contributed by atoms with E-state index in [1.807, 2.05) is 0 Å². The van der Waals surface area contributed by atoms with Gasteiger partial charge >= 0.3 is 34.1 Å². The van der Waals surface area contributed by atoms with Gasteiger partial charge in [0.05, 0.1) is 0 Å². The van der Waals surface area contributed by atoms with Gasteiger partial charge in [0, 0.05) is 0 Å². The van der Waals surface area contributed by atoms with Gasteiger partial charge in [-0.15, -0.1) is 0 Å². The summed E-state index contributed by atoms with van der Waals surface area (Å²) in [5, 5.41) is 0. The maximum atomic E-state index is 8.66. The van der Waals surface area contributed by atoms with Crippen molar-refractivity contribution in [3.05, 3.63) is 0 Å². The first-order chi connectivity index (χ1) is 2.00. The summed E-state index contributed by atoms with van der Waals surface area (Å²) >= 11 is -6.26. The molecular formula is O4Y. The van der Waals surface area contributed by atoms with Crippen LogP contribution >= 0.6 is 0 Å². The molecule has 0 spiro atoms. The molecule has 0 aliphatic carbocycles. The molecule has 27 valence electrons. The molecule has 0 fully saturated rings. The molecule has 0 aromatic heterocycles. The Labute approximate surface area is 34.2 Å². The third-order valence-corrected chi connectivity index (χ3v) is 0. The average Bonchev–Trinajstić information content (AvgIpc) is 0.722. The van der Waals surface area contributed by atoms with Crippen molar-refractivity contribution >= 4 is 0 Å². The van der Waals surface area contributed by atoms with Crippen LogP contribution in [0.4, 0.5) is 0 Å². The average molecular weight is 153 g/mol. The molecule has 0 aliphatic rings. The van der Waals surface area contributed by atoms with Crippen LogP contribution in [0.15, 0.2) is 0 Å². The first-order valence-electron chi connectivity index (χ1n) is 0.943. The predicted molar refractivity (Wildman–Crippen MR) is 2.75 cm³/mol. The summed E-state index contributed by atoms with van der Waals surface area (Å²) in [6.45, 7) is 0. The van der Waals surface area contributed by atoms with Crippen molar-refractivity contribution in [1.29, 1.82) is 0 Å². The second kappa shape index (κ2) is 1.18. The van der Waals surface area contributed by atoms with Crippen LogP contribution < -0.4 is 0 Å². The maximum absolute atomic E-state index is 8.66. The minimum absolute atomic E-state index is 6.26. The van der Waals surface area contributed by atoms with Crippen molar-refractivity contribution in [1.82, 2.24) is 0 Å². The Morgan fingerprint density at radius 1 is 0.800 bits per heavy atom. The van der Waals surface area contributed by atoms with Crippen LogP contribution in [0.2, 0.25) is 0 Å². The van der Waals surface area contributed by atoms with Crippen molar-refractivity contribution in [3.8, 4) is 0 Å². The van der Waals surface area contributed by atoms with E-state index in [0.29, 0.717) is 0 Å². The first-order valence-corrected chi connectivity index (χ1v) is 5.58. The molecule has 0 saturated heterocycles. The van der Waals surface area contributed by atoms with Gasteiger partial charge in [-0.2, -0.15) is 0 Å². The Kier molecular flexibility index (Phi) is 1.25. The van der Waals surface area contributed by atoms with Crippen molar-refractivity contribution < 1.29 is 34.1 Å². The third kappa shape index (κ3) is 247. The molecule has 5 heavy (non-hydrogen) atoms.